The Morgan fingerprint density at radius 3 is 1.49 bits per heavy atom. The molecule has 0 bridgehead atoms. The molecular formula is C48H71N7O14. The molecule has 0 spiro atoms. The molecule has 0 fully saturated rings. The van der Waals surface area contributed by atoms with Crippen LogP contribution in [0.2, 0.25) is 0 Å². The molecule has 0 atom stereocenters. The van der Waals surface area contributed by atoms with E-state index >= 15 is 0 Å². The van der Waals surface area contributed by atoms with Crippen LogP contribution in [0.15, 0.2) is 48.5 Å². The Labute approximate surface area is 403 Å². The number of hydrogen-bond acceptors (Lipinski definition) is 14. The third-order valence-electron chi connectivity index (χ3n) is 10.4. The largest absolute Gasteiger partial charge is 0.480 e. The number of hydrogen-bond donors (Lipinski definition) is 6. The van der Waals surface area contributed by atoms with Crippen molar-refractivity contribution in [3.8, 4) is 11.1 Å². The second-order valence-electron chi connectivity index (χ2n) is 18.7. The van der Waals surface area contributed by atoms with Crippen molar-refractivity contribution < 1.29 is 67.9 Å². The van der Waals surface area contributed by atoms with Gasteiger partial charge in [0.1, 0.15) is 24.4 Å². The van der Waals surface area contributed by atoms with E-state index in [9.17, 15) is 53.7 Å². The molecule has 6 N–H and O–H groups in total. The highest BCUT2D eigenvalue weighted by atomic mass is 16.6. The molecule has 4 amide bonds. The molecule has 21 nitrogen and oxygen atoms in total. The maximum atomic E-state index is 13.7. The first kappa shape index (κ1) is 57.0. The van der Waals surface area contributed by atoms with Crippen LogP contribution in [0.25, 0.3) is 11.1 Å². The van der Waals surface area contributed by atoms with Crippen LogP contribution < -0.4 is 16.0 Å². The van der Waals surface area contributed by atoms with Crippen molar-refractivity contribution in [2.75, 3.05) is 98.2 Å². The fourth-order valence-corrected chi connectivity index (χ4v) is 7.46. The second kappa shape index (κ2) is 28.2. The topological polar surface area (TPSA) is 274 Å². The van der Waals surface area contributed by atoms with E-state index in [1.807, 2.05) is 36.4 Å². The van der Waals surface area contributed by atoms with Crippen molar-refractivity contribution in [3.05, 3.63) is 59.7 Å². The van der Waals surface area contributed by atoms with E-state index < -0.39 is 91.8 Å². The minimum atomic E-state index is -1.26. The van der Waals surface area contributed by atoms with Gasteiger partial charge in [-0.1, -0.05) is 48.5 Å². The Balaban J connectivity index is 1.48. The van der Waals surface area contributed by atoms with E-state index in [-0.39, 0.29) is 64.9 Å². The SMILES string of the molecule is CC(C)(C)OC(=O)CN(CCCCNC(=O)OC(C)(C)C)C(=O)CN(CCN(CCN(CC(=O)O)CC(=O)NCCCCNC(=O)OCC1c2ccccc2-c2ccccc21)CC(=O)O)CC(=O)O. The lowest BCUT2D eigenvalue weighted by Crippen LogP contribution is -2.48. The number of carboxylic acid groups (broad SMARTS) is 3. The predicted molar refractivity (Wildman–Crippen MR) is 253 cm³/mol. The van der Waals surface area contributed by atoms with E-state index in [0.29, 0.717) is 32.2 Å². The summed E-state index contributed by atoms with van der Waals surface area (Å²) < 4.78 is 16.2. The van der Waals surface area contributed by atoms with Gasteiger partial charge in [0.05, 0.1) is 32.7 Å². The molecule has 382 valence electrons. The number of nitrogens with one attached hydrogen (secondary N) is 3. The molecule has 0 unspecified atom stereocenters. The number of carbonyl (C=O) groups excluding carboxylic acids is 5. The average molecular weight is 970 g/mol. The number of carboxylic acids is 3. The molecule has 0 radical (unpaired) electrons. The third-order valence-corrected chi connectivity index (χ3v) is 10.4. The summed E-state index contributed by atoms with van der Waals surface area (Å²) >= 11 is 0. The van der Waals surface area contributed by atoms with Gasteiger partial charge in [0, 0.05) is 58.3 Å². The smallest absolute Gasteiger partial charge is 0.407 e. The van der Waals surface area contributed by atoms with E-state index in [0.717, 1.165) is 22.3 Å². The fraction of sp³-hybridized carbons (Fsp3) is 0.583. The first-order valence-electron chi connectivity index (χ1n) is 23.1. The van der Waals surface area contributed by atoms with E-state index in [1.54, 1.807) is 41.5 Å². The van der Waals surface area contributed by atoms with E-state index in [4.69, 9.17) is 14.2 Å². The van der Waals surface area contributed by atoms with Crippen LogP contribution in [0.5, 0.6) is 0 Å². The normalized spacial score (nSPS) is 12.2. The summed E-state index contributed by atoms with van der Waals surface area (Å²) in [5.74, 6) is -5.49. The number of ether oxygens (including phenoxy) is 3. The van der Waals surface area contributed by atoms with Gasteiger partial charge in [-0.25, -0.2) is 9.59 Å². The summed E-state index contributed by atoms with van der Waals surface area (Å²) in [6, 6.07) is 16.1. The van der Waals surface area contributed by atoms with Crippen LogP contribution in [0.4, 0.5) is 9.59 Å². The van der Waals surface area contributed by atoms with E-state index in [2.05, 4.69) is 28.1 Å². The Bertz CT molecular complexity index is 2010. The fourth-order valence-electron chi connectivity index (χ4n) is 7.46. The van der Waals surface area contributed by atoms with Crippen molar-refractivity contribution >= 4 is 47.9 Å². The van der Waals surface area contributed by atoms with Gasteiger partial charge in [0.15, 0.2) is 0 Å². The number of alkyl carbamates (subject to hydrolysis) is 2. The molecule has 2 aromatic rings. The molecule has 0 aromatic heterocycles. The number of amides is 4. The number of esters is 1. The van der Waals surface area contributed by atoms with E-state index in [1.165, 1.54) is 19.6 Å². The van der Waals surface area contributed by atoms with Crippen LogP contribution in [0.1, 0.15) is 84.3 Å². The van der Waals surface area contributed by atoms with Crippen molar-refractivity contribution in [1.82, 2.24) is 35.6 Å². The van der Waals surface area contributed by atoms with Crippen LogP contribution in [0, 0.1) is 0 Å². The van der Waals surface area contributed by atoms with Crippen molar-refractivity contribution in [3.63, 3.8) is 0 Å². The molecule has 1 aliphatic rings. The van der Waals surface area contributed by atoms with Crippen molar-refractivity contribution in [2.45, 2.75) is 84.3 Å². The molecule has 21 heteroatoms. The van der Waals surface area contributed by atoms with Gasteiger partial charge in [0.2, 0.25) is 11.8 Å². The lowest BCUT2D eigenvalue weighted by Gasteiger charge is -2.30. The predicted octanol–water partition coefficient (Wildman–Crippen LogP) is 3.06. The summed E-state index contributed by atoms with van der Waals surface area (Å²) in [5, 5.41) is 37.0. The highest BCUT2D eigenvalue weighted by molar-refractivity contribution is 5.84. The Morgan fingerprint density at radius 1 is 0.522 bits per heavy atom. The number of carbonyl (C=O) groups is 8. The lowest BCUT2D eigenvalue weighted by atomic mass is 9.98. The van der Waals surface area contributed by atoms with Crippen LogP contribution >= 0.6 is 0 Å². The van der Waals surface area contributed by atoms with Crippen LogP contribution in [-0.4, -0.2) is 192 Å². The summed E-state index contributed by atoms with van der Waals surface area (Å²) in [7, 11) is 0. The molecule has 69 heavy (non-hydrogen) atoms. The van der Waals surface area contributed by atoms with Gasteiger partial charge < -0.3 is 50.4 Å². The standard InChI is InChI=1S/C48H71N7O14/c1-47(2,3)68-44(64)32-55(22-14-13-21-51-46(66)69-48(4,5)6)40(57)28-54(31-43(62)63)26-24-52(29-41(58)59)23-25-53(30-42(60)61)27-39(56)49-19-11-12-20-50-45(65)67-33-38-36-17-9-7-15-34(36)35-16-8-10-18-37(35)38/h7-10,15-18,38H,11-14,19-33H2,1-6H3,(H,49,56)(H,50,65)(H,51,66)(H,58,59)(H,60,61)(H,62,63). The summed E-state index contributed by atoms with van der Waals surface area (Å²) in [6.07, 6.45) is 0.655. The molecular weight excluding hydrogens is 899 g/mol. The maximum Gasteiger partial charge on any atom is 0.407 e. The molecule has 3 rings (SSSR count). The number of aliphatic carboxylic acids is 3. The number of fused-ring (bicyclic) bond motifs is 3. The summed E-state index contributed by atoms with van der Waals surface area (Å²) in [6.45, 7) is 8.24. The molecule has 0 saturated heterocycles. The first-order chi connectivity index (χ1) is 32.5. The Kier molecular flexibility index (Phi) is 23.3. The molecule has 1 aliphatic carbocycles. The highest BCUT2D eigenvalue weighted by Crippen LogP contribution is 2.44. The van der Waals surface area contributed by atoms with Gasteiger partial charge in [0.25, 0.3) is 0 Å². The lowest BCUT2D eigenvalue weighted by molar-refractivity contribution is -0.159. The maximum absolute atomic E-state index is 13.7. The van der Waals surface area contributed by atoms with Gasteiger partial charge >= 0.3 is 36.1 Å². The Hall–Kier alpha value is -6.32. The number of unbranched alkanes of at least 4 members (excludes halogenated alkanes) is 2. The minimum absolute atomic E-state index is 0.0225. The summed E-state index contributed by atoms with van der Waals surface area (Å²) in [5.41, 5.74) is 2.93. The number of rotatable bonds is 30. The number of nitrogens with zero attached hydrogens (tertiary/aromatic N) is 4. The van der Waals surface area contributed by atoms with Crippen molar-refractivity contribution in [2.24, 2.45) is 0 Å². The first-order valence-corrected chi connectivity index (χ1v) is 23.1. The average Bonchev–Trinajstić information content (AvgIpc) is 3.55. The molecule has 0 aliphatic heterocycles. The zero-order chi connectivity index (χ0) is 51.1. The quantitative estimate of drug-likeness (QED) is 0.0373. The molecule has 2 aromatic carbocycles. The van der Waals surface area contributed by atoms with Crippen LogP contribution in [-0.2, 0) is 43.0 Å². The Morgan fingerprint density at radius 2 is 0.971 bits per heavy atom. The molecule has 0 heterocycles. The van der Waals surface area contributed by atoms with Crippen LogP contribution in [0.3, 0.4) is 0 Å². The van der Waals surface area contributed by atoms with Gasteiger partial charge in [-0.15, -0.1) is 0 Å². The zero-order valence-corrected chi connectivity index (χ0v) is 40.8. The monoisotopic (exact) mass is 970 g/mol. The second-order valence-corrected chi connectivity index (χ2v) is 18.7. The summed E-state index contributed by atoms with van der Waals surface area (Å²) in [4.78, 5) is 105. The molecule has 0 saturated carbocycles. The number of benzene rings is 2. The zero-order valence-electron chi connectivity index (χ0n) is 40.8. The van der Waals surface area contributed by atoms with Gasteiger partial charge in [-0.2, -0.15) is 0 Å². The van der Waals surface area contributed by atoms with Gasteiger partial charge in [-0.05, 0) is 89.5 Å². The van der Waals surface area contributed by atoms with Gasteiger partial charge in [-0.3, -0.25) is 43.5 Å². The third kappa shape index (κ3) is 23.0. The minimum Gasteiger partial charge on any atom is -0.480 e. The van der Waals surface area contributed by atoms with Crippen molar-refractivity contribution in [1.29, 1.82) is 0 Å². The highest BCUT2D eigenvalue weighted by Gasteiger charge is 2.30.